The van der Waals surface area contributed by atoms with Gasteiger partial charge in [-0.3, -0.25) is 14.4 Å². The van der Waals surface area contributed by atoms with Crippen molar-refractivity contribution in [1.29, 1.82) is 0 Å². The Labute approximate surface area is 137 Å². The topological polar surface area (TPSA) is 87.2 Å². The number of carbonyl (C=O) groups excluding carboxylic acids is 2. The number of likely N-dealkylation sites (N-methyl/N-ethyl adjacent to an activating group) is 1. The van der Waals surface area contributed by atoms with E-state index in [0.717, 1.165) is 0 Å². The van der Waals surface area contributed by atoms with E-state index in [0.29, 0.717) is 45.4 Å². The Hall–Kier alpha value is -1.63. The van der Waals surface area contributed by atoms with Crippen LogP contribution in [0.4, 0.5) is 0 Å². The lowest BCUT2D eigenvalue weighted by Crippen LogP contribution is -2.45. The van der Waals surface area contributed by atoms with Gasteiger partial charge in [-0.2, -0.15) is 0 Å². The molecule has 0 spiro atoms. The maximum atomic E-state index is 12.2. The Kier molecular flexibility index (Phi) is 8.02. The molecule has 1 aliphatic rings. The summed E-state index contributed by atoms with van der Waals surface area (Å²) in [7, 11) is 1.62. The molecule has 0 radical (unpaired) electrons. The molecule has 7 heteroatoms. The van der Waals surface area contributed by atoms with Crippen molar-refractivity contribution < 1.29 is 24.2 Å². The molecule has 0 aromatic heterocycles. The minimum absolute atomic E-state index is 0.0433. The van der Waals surface area contributed by atoms with E-state index in [9.17, 15) is 14.4 Å². The van der Waals surface area contributed by atoms with Crippen LogP contribution in [-0.2, 0) is 19.1 Å². The van der Waals surface area contributed by atoms with Crippen molar-refractivity contribution in [1.82, 2.24) is 9.80 Å². The Morgan fingerprint density at radius 2 is 1.87 bits per heavy atom. The van der Waals surface area contributed by atoms with Crippen LogP contribution in [0.2, 0.25) is 0 Å². The van der Waals surface area contributed by atoms with Gasteiger partial charge >= 0.3 is 5.97 Å². The van der Waals surface area contributed by atoms with Crippen LogP contribution < -0.4 is 0 Å². The molecule has 0 atom stereocenters. The van der Waals surface area contributed by atoms with Crippen LogP contribution in [0, 0.1) is 5.92 Å². The lowest BCUT2D eigenvalue weighted by atomic mass is 9.97. The fourth-order valence-electron chi connectivity index (χ4n) is 2.50. The molecule has 0 bridgehead atoms. The summed E-state index contributed by atoms with van der Waals surface area (Å²) in [4.78, 5) is 38.1. The van der Waals surface area contributed by atoms with E-state index >= 15 is 0 Å². The summed E-state index contributed by atoms with van der Waals surface area (Å²) in [5, 5.41) is 8.95. The van der Waals surface area contributed by atoms with Crippen molar-refractivity contribution in [3.8, 4) is 0 Å². The fourth-order valence-corrected chi connectivity index (χ4v) is 2.50. The second-order valence-corrected chi connectivity index (χ2v) is 6.27. The molecule has 1 saturated heterocycles. The van der Waals surface area contributed by atoms with Gasteiger partial charge < -0.3 is 19.6 Å². The number of carboxylic acid groups (broad SMARTS) is 1. The summed E-state index contributed by atoms with van der Waals surface area (Å²) >= 11 is 0. The molecule has 0 saturated carbocycles. The minimum atomic E-state index is -0.798. The van der Waals surface area contributed by atoms with Gasteiger partial charge in [-0.1, -0.05) is 0 Å². The number of hydrogen-bond donors (Lipinski definition) is 1. The van der Waals surface area contributed by atoms with Crippen LogP contribution in [0.3, 0.4) is 0 Å². The van der Waals surface area contributed by atoms with E-state index in [1.807, 2.05) is 13.8 Å². The largest absolute Gasteiger partial charge is 0.481 e. The van der Waals surface area contributed by atoms with Crippen molar-refractivity contribution in [3.63, 3.8) is 0 Å². The molecule has 0 unspecified atom stereocenters. The summed E-state index contributed by atoms with van der Waals surface area (Å²) in [5.74, 6) is -1.36. The molecule has 1 N–H and O–H groups in total. The summed E-state index contributed by atoms with van der Waals surface area (Å²) in [6, 6.07) is 0. The number of aliphatic carboxylic acids is 1. The van der Waals surface area contributed by atoms with Crippen LogP contribution in [0.5, 0.6) is 0 Å². The minimum Gasteiger partial charge on any atom is -0.481 e. The zero-order valence-electron chi connectivity index (χ0n) is 14.3. The molecule has 2 amide bonds. The van der Waals surface area contributed by atoms with E-state index in [2.05, 4.69) is 0 Å². The summed E-state index contributed by atoms with van der Waals surface area (Å²) in [6.07, 6.45) is 2.10. The van der Waals surface area contributed by atoms with Crippen molar-refractivity contribution in [2.75, 3.05) is 33.3 Å². The zero-order chi connectivity index (χ0) is 17.4. The number of amides is 2. The van der Waals surface area contributed by atoms with Gasteiger partial charge in [0.05, 0.1) is 18.6 Å². The highest BCUT2D eigenvalue weighted by Gasteiger charge is 2.27. The van der Waals surface area contributed by atoms with Gasteiger partial charge in [0.1, 0.15) is 0 Å². The standard InChI is InChI=1S/C16H28N2O5/c1-12(2)23-10-4-5-14(19)17(3)11-15(20)18-8-6-13(7-9-18)16(21)22/h12-13H,4-11H2,1-3H3,(H,21,22). The second kappa shape index (κ2) is 9.50. The first kappa shape index (κ1) is 19.4. The SMILES string of the molecule is CC(C)OCCCC(=O)N(C)CC(=O)N1CCC(C(=O)O)CC1. The van der Waals surface area contributed by atoms with Gasteiger partial charge in [0.15, 0.2) is 0 Å². The van der Waals surface area contributed by atoms with Gasteiger partial charge in [0, 0.05) is 33.2 Å². The van der Waals surface area contributed by atoms with Crippen LogP contribution >= 0.6 is 0 Å². The van der Waals surface area contributed by atoms with Gasteiger partial charge in [0.2, 0.25) is 11.8 Å². The maximum Gasteiger partial charge on any atom is 0.306 e. The molecule has 0 aliphatic carbocycles. The van der Waals surface area contributed by atoms with Gasteiger partial charge in [-0.25, -0.2) is 0 Å². The van der Waals surface area contributed by atoms with Gasteiger partial charge in [-0.15, -0.1) is 0 Å². The molecule has 132 valence electrons. The first-order chi connectivity index (χ1) is 10.8. The zero-order valence-corrected chi connectivity index (χ0v) is 14.3. The number of nitrogens with zero attached hydrogens (tertiary/aromatic N) is 2. The Balaban J connectivity index is 2.28. The van der Waals surface area contributed by atoms with Crippen LogP contribution in [0.15, 0.2) is 0 Å². The summed E-state index contributed by atoms with van der Waals surface area (Å²) < 4.78 is 5.38. The predicted molar refractivity (Wildman–Crippen MR) is 84.9 cm³/mol. The van der Waals surface area contributed by atoms with E-state index in [-0.39, 0.29) is 30.4 Å². The molecule has 1 rings (SSSR count). The molecule has 1 aliphatic heterocycles. The molecule has 1 fully saturated rings. The quantitative estimate of drug-likeness (QED) is 0.671. The van der Waals surface area contributed by atoms with Gasteiger partial charge in [0.25, 0.3) is 0 Å². The highest BCUT2D eigenvalue weighted by molar-refractivity contribution is 5.84. The third-order valence-electron chi connectivity index (χ3n) is 3.98. The average molecular weight is 328 g/mol. The third-order valence-corrected chi connectivity index (χ3v) is 3.98. The normalized spacial score (nSPS) is 15.7. The molecule has 1 heterocycles. The van der Waals surface area contributed by atoms with E-state index < -0.39 is 5.97 Å². The Morgan fingerprint density at radius 1 is 1.26 bits per heavy atom. The highest BCUT2D eigenvalue weighted by Crippen LogP contribution is 2.17. The fraction of sp³-hybridized carbons (Fsp3) is 0.812. The van der Waals surface area contributed by atoms with Crippen LogP contribution in [0.25, 0.3) is 0 Å². The second-order valence-electron chi connectivity index (χ2n) is 6.27. The number of carboxylic acids is 1. The van der Waals surface area contributed by atoms with Crippen molar-refractivity contribution in [2.24, 2.45) is 5.92 Å². The van der Waals surface area contributed by atoms with Crippen molar-refractivity contribution in [2.45, 2.75) is 45.6 Å². The van der Waals surface area contributed by atoms with Crippen LogP contribution in [0.1, 0.15) is 39.5 Å². The highest BCUT2D eigenvalue weighted by atomic mass is 16.5. The Bertz CT molecular complexity index is 417. The first-order valence-electron chi connectivity index (χ1n) is 8.17. The number of piperidine rings is 1. The number of likely N-dealkylation sites (tertiary alicyclic amines) is 1. The Morgan fingerprint density at radius 3 is 2.39 bits per heavy atom. The molecule has 0 aromatic rings. The number of carbonyl (C=O) groups is 3. The van der Waals surface area contributed by atoms with E-state index in [4.69, 9.17) is 9.84 Å². The van der Waals surface area contributed by atoms with Crippen molar-refractivity contribution >= 4 is 17.8 Å². The van der Waals surface area contributed by atoms with E-state index in [1.54, 1.807) is 11.9 Å². The monoisotopic (exact) mass is 328 g/mol. The molecule has 23 heavy (non-hydrogen) atoms. The van der Waals surface area contributed by atoms with Gasteiger partial charge in [-0.05, 0) is 33.1 Å². The molecule has 0 aromatic carbocycles. The lowest BCUT2D eigenvalue weighted by molar-refractivity contribution is -0.146. The predicted octanol–water partition coefficient (Wildman–Crippen LogP) is 0.973. The summed E-state index contributed by atoms with van der Waals surface area (Å²) in [6.45, 7) is 5.36. The molecular formula is C16H28N2O5. The smallest absolute Gasteiger partial charge is 0.306 e. The third kappa shape index (κ3) is 6.99. The van der Waals surface area contributed by atoms with E-state index in [1.165, 1.54) is 4.90 Å². The number of ether oxygens (including phenoxy) is 1. The molecule has 7 nitrogen and oxygen atoms in total. The summed E-state index contributed by atoms with van der Waals surface area (Å²) in [5.41, 5.74) is 0. The average Bonchev–Trinajstić information content (AvgIpc) is 2.51. The first-order valence-corrected chi connectivity index (χ1v) is 8.17. The van der Waals surface area contributed by atoms with Crippen molar-refractivity contribution in [3.05, 3.63) is 0 Å². The lowest BCUT2D eigenvalue weighted by Gasteiger charge is -2.31. The maximum absolute atomic E-state index is 12.2. The molecular weight excluding hydrogens is 300 g/mol. The number of hydrogen-bond acceptors (Lipinski definition) is 4. The number of rotatable bonds is 8. The van der Waals surface area contributed by atoms with Crippen LogP contribution in [-0.4, -0.2) is 72.1 Å².